The number of nitrogens with zero attached hydrogens (tertiary/aromatic N) is 2. The topological polar surface area (TPSA) is 28.2 Å². The highest BCUT2D eigenvalue weighted by atomic mass is 35.5. The SMILES string of the molecule is CCN1CCNc2cc(Cl)cnc21. The van der Waals surface area contributed by atoms with E-state index in [1.807, 2.05) is 6.07 Å². The summed E-state index contributed by atoms with van der Waals surface area (Å²) in [5.74, 6) is 1.01. The third-order valence-corrected chi connectivity index (χ3v) is 2.42. The molecule has 1 aromatic rings. The molecule has 0 unspecified atom stereocenters. The average molecular weight is 198 g/mol. The molecule has 0 amide bonds. The van der Waals surface area contributed by atoms with Crippen LogP contribution in [0.5, 0.6) is 0 Å². The Morgan fingerprint density at radius 1 is 1.69 bits per heavy atom. The smallest absolute Gasteiger partial charge is 0.152 e. The molecule has 1 aliphatic heterocycles. The lowest BCUT2D eigenvalue weighted by atomic mass is 10.3. The number of halogens is 1. The van der Waals surface area contributed by atoms with Crippen LogP contribution in [0.1, 0.15) is 6.92 Å². The Bertz CT molecular complexity index is 314. The maximum absolute atomic E-state index is 5.85. The van der Waals surface area contributed by atoms with E-state index in [0.29, 0.717) is 5.02 Å². The second kappa shape index (κ2) is 3.42. The van der Waals surface area contributed by atoms with Gasteiger partial charge in [0.2, 0.25) is 0 Å². The molecule has 1 aromatic heterocycles. The Morgan fingerprint density at radius 3 is 3.31 bits per heavy atom. The Labute approximate surface area is 82.7 Å². The van der Waals surface area contributed by atoms with Gasteiger partial charge in [-0.3, -0.25) is 0 Å². The first-order chi connectivity index (χ1) is 6.31. The fourth-order valence-corrected chi connectivity index (χ4v) is 1.71. The molecule has 70 valence electrons. The molecule has 2 rings (SSSR count). The van der Waals surface area contributed by atoms with Gasteiger partial charge in [-0.1, -0.05) is 11.6 Å². The average Bonchev–Trinajstić information content (AvgIpc) is 2.16. The van der Waals surface area contributed by atoms with Crippen LogP contribution in [0.15, 0.2) is 12.3 Å². The summed E-state index contributed by atoms with van der Waals surface area (Å²) in [7, 11) is 0. The zero-order chi connectivity index (χ0) is 9.26. The first-order valence-corrected chi connectivity index (χ1v) is 4.83. The Kier molecular flexibility index (Phi) is 2.27. The van der Waals surface area contributed by atoms with Gasteiger partial charge in [0.05, 0.1) is 10.7 Å². The number of nitrogens with one attached hydrogen (secondary N) is 1. The van der Waals surface area contributed by atoms with Gasteiger partial charge in [-0.2, -0.15) is 0 Å². The largest absolute Gasteiger partial charge is 0.380 e. The van der Waals surface area contributed by atoms with E-state index in [-0.39, 0.29) is 0 Å². The van der Waals surface area contributed by atoms with Gasteiger partial charge in [0, 0.05) is 25.8 Å². The fourth-order valence-electron chi connectivity index (χ4n) is 1.55. The monoisotopic (exact) mass is 197 g/mol. The second-order valence-electron chi connectivity index (χ2n) is 3.03. The number of aromatic nitrogens is 1. The number of pyridine rings is 1. The van der Waals surface area contributed by atoms with E-state index in [1.54, 1.807) is 6.20 Å². The molecule has 1 N–H and O–H groups in total. The minimum Gasteiger partial charge on any atom is -0.380 e. The molecule has 0 aromatic carbocycles. The van der Waals surface area contributed by atoms with Crippen LogP contribution >= 0.6 is 11.6 Å². The molecule has 0 saturated carbocycles. The van der Waals surface area contributed by atoms with Crippen molar-refractivity contribution in [3.8, 4) is 0 Å². The summed E-state index contributed by atoms with van der Waals surface area (Å²) >= 11 is 5.85. The van der Waals surface area contributed by atoms with Crippen molar-refractivity contribution in [1.82, 2.24) is 4.98 Å². The van der Waals surface area contributed by atoms with E-state index in [1.165, 1.54) is 0 Å². The van der Waals surface area contributed by atoms with Crippen molar-refractivity contribution in [2.75, 3.05) is 29.9 Å². The molecule has 4 heteroatoms. The second-order valence-corrected chi connectivity index (χ2v) is 3.47. The fraction of sp³-hybridized carbons (Fsp3) is 0.444. The van der Waals surface area contributed by atoms with Crippen molar-refractivity contribution in [3.05, 3.63) is 17.3 Å². The van der Waals surface area contributed by atoms with E-state index in [0.717, 1.165) is 31.1 Å². The highest BCUT2D eigenvalue weighted by Gasteiger charge is 2.15. The van der Waals surface area contributed by atoms with Crippen molar-refractivity contribution in [3.63, 3.8) is 0 Å². The maximum Gasteiger partial charge on any atom is 0.152 e. The third kappa shape index (κ3) is 1.56. The van der Waals surface area contributed by atoms with E-state index < -0.39 is 0 Å². The third-order valence-electron chi connectivity index (χ3n) is 2.21. The van der Waals surface area contributed by atoms with E-state index in [2.05, 4.69) is 22.1 Å². The number of fused-ring (bicyclic) bond motifs is 1. The van der Waals surface area contributed by atoms with E-state index in [9.17, 15) is 0 Å². The summed E-state index contributed by atoms with van der Waals surface area (Å²) in [6, 6.07) is 1.92. The Morgan fingerprint density at radius 2 is 2.54 bits per heavy atom. The molecular weight excluding hydrogens is 186 g/mol. The zero-order valence-electron chi connectivity index (χ0n) is 7.55. The predicted molar refractivity (Wildman–Crippen MR) is 55.6 cm³/mol. The lowest BCUT2D eigenvalue weighted by Crippen LogP contribution is -2.34. The first-order valence-electron chi connectivity index (χ1n) is 4.45. The van der Waals surface area contributed by atoms with E-state index >= 15 is 0 Å². The van der Waals surface area contributed by atoms with Crippen LogP contribution in [-0.4, -0.2) is 24.6 Å². The molecule has 2 heterocycles. The molecule has 0 aliphatic carbocycles. The van der Waals surface area contributed by atoms with Crippen LogP contribution in [0.2, 0.25) is 5.02 Å². The highest BCUT2D eigenvalue weighted by Crippen LogP contribution is 2.28. The summed E-state index contributed by atoms with van der Waals surface area (Å²) in [6.07, 6.45) is 1.69. The molecule has 0 radical (unpaired) electrons. The van der Waals surface area contributed by atoms with Gasteiger partial charge in [-0.15, -0.1) is 0 Å². The molecular formula is C9H12ClN3. The number of anilines is 2. The lowest BCUT2D eigenvalue weighted by Gasteiger charge is -2.29. The van der Waals surface area contributed by atoms with Crippen molar-refractivity contribution in [2.24, 2.45) is 0 Å². The number of rotatable bonds is 1. The molecule has 0 fully saturated rings. The molecule has 0 saturated heterocycles. The Hall–Kier alpha value is -0.960. The summed E-state index contributed by atoms with van der Waals surface area (Å²) < 4.78 is 0. The van der Waals surface area contributed by atoms with Gasteiger partial charge < -0.3 is 10.2 Å². The first kappa shape index (κ1) is 8.63. The summed E-state index contributed by atoms with van der Waals surface area (Å²) in [5.41, 5.74) is 1.04. The minimum atomic E-state index is 0.684. The summed E-state index contributed by atoms with van der Waals surface area (Å²) in [6.45, 7) is 5.09. The molecule has 13 heavy (non-hydrogen) atoms. The quantitative estimate of drug-likeness (QED) is 0.747. The molecule has 1 aliphatic rings. The van der Waals surface area contributed by atoms with Crippen molar-refractivity contribution in [2.45, 2.75) is 6.92 Å². The maximum atomic E-state index is 5.85. The van der Waals surface area contributed by atoms with Gasteiger partial charge in [-0.25, -0.2) is 4.98 Å². The van der Waals surface area contributed by atoms with Crippen LogP contribution in [-0.2, 0) is 0 Å². The predicted octanol–water partition coefficient (Wildman–Crippen LogP) is 1.99. The number of likely N-dealkylation sites (N-methyl/N-ethyl adjacent to an activating group) is 1. The Balaban J connectivity index is 2.40. The van der Waals surface area contributed by atoms with Gasteiger partial charge in [-0.05, 0) is 13.0 Å². The molecule has 3 nitrogen and oxygen atoms in total. The summed E-state index contributed by atoms with van der Waals surface area (Å²) in [5, 5.41) is 3.96. The normalized spacial score (nSPS) is 15.1. The molecule has 0 spiro atoms. The molecule has 0 atom stereocenters. The standard InChI is InChI=1S/C9H12ClN3/c1-2-13-4-3-11-8-5-7(10)6-12-9(8)13/h5-6,11H,2-4H2,1H3. The van der Waals surface area contributed by atoms with Crippen molar-refractivity contribution < 1.29 is 0 Å². The summed E-state index contributed by atoms with van der Waals surface area (Å²) in [4.78, 5) is 6.54. The van der Waals surface area contributed by atoms with Gasteiger partial charge >= 0.3 is 0 Å². The van der Waals surface area contributed by atoms with Gasteiger partial charge in [0.1, 0.15) is 0 Å². The van der Waals surface area contributed by atoms with Crippen LogP contribution in [0, 0.1) is 0 Å². The van der Waals surface area contributed by atoms with Crippen molar-refractivity contribution in [1.29, 1.82) is 0 Å². The number of hydrogen-bond acceptors (Lipinski definition) is 3. The van der Waals surface area contributed by atoms with Crippen LogP contribution < -0.4 is 10.2 Å². The lowest BCUT2D eigenvalue weighted by molar-refractivity contribution is 0.797. The minimum absolute atomic E-state index is 0.684. The van der Waals surface area contributed by atoms with Crippen LogP contribution in [0.25, 0.3) is 0 Å². The van der Waals surface area contributed by atoms with E-state index in [4.69, 9.17) is 11.6 Å². The number of hydrogen-bond donors (Lipinski definition) is 1. The van der Waals surface area contributed by atoms with Gasteiger partial charge in [0.15, 0.2) is 5.82 Å². The molecule has 0 bridgehead atoms. The zero-order valence-corrected chi connectivity index (χ0v) is 8.30. The highest BCUT2D eigenvalue weighted by molar-refractivity contribution is 6.30. The van der Waals surface area contributed by atoms with Gasteiger partial charge in [0.25, 0.3) is 0 Å². The van der Waals surface area contributed by atoms with Crippen molar-refractivity contribution >= 4 is 23.1 Å². The van der Waals surface area contributed by atoms with Crippen LogP contribution in [0.3, 0.4) is 0 Å². The van der Waals surface area contributed by atoms with Crippen LogP contribution in [0.4, 0.5) is 11.5 Å².